The molecule has 1 heterocycles. The average Bonchev–Trinajstić information content (AvgIpc) is 2.87. The number of aryl methyl sites for hydroxylation is 1. The van der Waals surface area contributed by atoms with Crippen LogP contribution in [-0.2, 0) is 11.2 Å². The summed E-state index contributed by atoms with van der Waals surface area (Å²) in [5.74, 6) is 1.69. The second-order valence-corrected chi connectivity index (χ2v) is 9.26. The fourth-order valence-corrected chi connectivity index (χ4v) is 4.07. The molecule has 0 aliphatic heterocycles. The Hall–Kier alpha value is -3.60. The number of hydrogen-bond acceptors (Lipinski definition) is 4. The van der Waals surface area contributed by atoms with E-state index in [-0.39, 0.29) is 11.4 Å². The zero-order chi connectivity index (χ0) is 25.1. The highest BCUT2D eigenvalue weighted by atomic mass is 16.5. The average molecular weight is 473 g/mol. The van der Waals surface area contributed by atoms with Crippen molar-refractivity contribution in [2.45, 2.75) is 51.5 Å². The molecule has 0 aliphatic carbocycles. The summed E-state index contributed by atoms with van der Waals surface area (Å²) in [5.41, 5.74) is 4.21. The summed E-state index contributed by atoms with van der Waals surface area (Å²) in [6.07, 6.45) is 9.77. The van der Waals surface area contributed by atoms with Crippen LogP contribution in [0, 0.1) is 0 Å². The third-order valence-corrected chi connectivity index (χ3v) is 5.99. The highest BCUT2D eigenvalue weighted by molar-refractivity contribution is 5.81. The first-order valence-electron chi connectivity index (χ1n) is 12.1. The Morgan fingerprint density at radius 2 is 1.54 bits per heavy atom. The minimum atomic E-state index is -0.252. The fourth-order valence-electron chi connectivity index (χ4n) is 4.07. The number of nitrogens with zero attached hydrogens (tertiary/aromatic N) is 1. The van der Waals surface area contributed by atoms with Crippen LogP contribution < -0.4 is 14.8 Å². The van der Waals surface area contributed by atoms with Gasteiger partial charge in [0, 0.05) is 24.4 Å². The van der Waals surface area contributed by atoms with Crippen LogP contribution >= 0.6 is 0 Å². The van der Waals surface area contributed by atoms with Crippen LogP contribution in [0.15, 0.2) is 79.1 Å². The van der Waals surface area contributed by atoms with Crippen LogP contribution in [0.1, 0.15) is 56.2 Å². The molecule has 0 unspecified atom stereocenters. The first-order chi connectivity index (χ1) is 16.9. The number of methoxy groups -OCH3 is 2. The first kappa shape index (κ1) is 26.0. The molecule has 1 amide bonds. The monoisotopic (exact) mass is 472 g/mol. The van der Waals surface area contributed by atoms with Crippen molar-refractivity contribution in [3.05, 3.63) is 95.8 Å². The summed E-state index contributed by atoms with van der Waals surface area (Å²) >= 11 is 0. The zero-order valence-electron chi connectivity index (χ0n) is 21.2. The second kappa shape index (κ2) is 12.7. The molecule has 0 fully saturated rings. The van der Waals surface area contributed by atoms with Crippen LogP contribution in [0.5, 0.6) is 11.5 Å². The molecule has 5 heteroatoms. The van der Waals surface area contributed by atoms with Gasteiger partial charge in [0.1, 0.15) is 11.5 Å². The molecule has 1 N–H and O–H groups in total. The molecule has 0 radical (unpaired) electrons. The normalized spacial score (nSPS) is 11.0. The van der Waals surface area contributed by atoms with Gasteiger partial charge < -0.3 is 14.8 Å². The smallest absolute Gasteiger partial charge is 0.220 e. The van der Waals surface area contributed by atoms with Crippen molar-refractivity contribution in [3.8, 4) is 11.5 Å². The summed E-state index contributed by atoms with van der Waals surface area (Å²) < 4.78 is 10.6. The van der Waals surface area contributed by atoms with Gasteiger partial charge in [-0.25, -0.2) is 0 Å². The van der Waals surface area contributed by atoms with Crippen LogP contribution in [0.4, 0.5) is 0 Å². The number of carbonyl (C=O) groups excluding carboxylic acids is 1. The highest BCUT2D eigenvalue weighted by Gasteiger charge is 2.19. The van der Waals surface area contributed by atoms with Gasteiger partial charge in [-0.3, -0.25) is 9.78 Å². The van der Waals surface area contributed by atoms with Gasteiger partial charge in [0.2, 0.25) is 5.91 Å². The molecule has 0 spiro atoms. The van der Waals surface area contributed by atoms with E-state index >= 15 is 0 Å². The van der Waals surface area contributed by atoms with Gasteiger partial charge in [-0.2, -0.15) is 0 Å². The maximum absolute atomic E-state index is 12.7. The van der Waals surface area contributed by atoms with E-state index in [4.69, 9.17) is 9.47 Å². The van der Waals surface area contributed by atoms with E-state index in [1.807, 2.05) is 60.8 Å². The Balaban J connectivity index is 1.61. The standard InChI is InChI=1S/C30H36N2O3/c1-30(2,20-6-8-23-9-7-21-31-22-23)32-29(33)11-5-10-28(24-12-16-26(34-3)17-13-24)25-14-18-27(35-4)19-15-25/h7,9-10,12-19,21-22H,5-6,8,11,20H2,1-4H3,(H,32,33). The number of rotatable bonds is 12. The predicted octanol–water partition coefficient (Wildman–Crippen LogP) is 6.23. The third kappa shape index (κ3) is 8.29. The second-order valence-electron chi connectivity index (χ2n) is 9.26. The zero-order valence-corrected chi connectivity index (χ0v) is 21.2. The first-order valence-corrected chi connectivity index (χ1v) is 12.1. The number of ether oxygens (including phenoxy) is 2. The summed E-state index contributed by atoms with van der Waals surface area (Å²) in [6, 6.07) is 20.0. The lowest BCUT2D eigenvalue weighted by molar-refractivity contribution is -0.122. The molecule has 3 aromatic rings. The van der Waals surface area contributed by atoms with Gasteiger partial charge in [-0.1, -0.05) is 36.4 Å². The summed E-state index contributed by atoms with van der Waals surface area (Å²) in [6.45, 7) is 4.17. The molecular formula is C30H36N2O3. The number of hydrogen-bond donors (Lipinski definition) is 1. The van der Waals surface area contributed by atoms with Gasteiger partial charge in [0.05, 0.1) is 14.2 Å². The Kier molecular flexibility index (Phi) is 9.47. The van der Waals surface area contributed by atoms with E-state index in [1.165, 1.54) is 5.56 Å². The van der Waals surface area contributed by atoms with Crippen LogP contribution in [0.2, 0.25) is 0 Å². The lowest BCUT2D eigenvalue weighted by Crippen LogP contribution is -2.43. The van der Waals surface area contributed by atoms with E-state index in [0.717, 1.165) is 47.5 Å². The quantitative estimate of drug-likeness (QED) is 0.339. The topological polar surface area (TPSA) is 60.5 Å². The lowest BCUT2D eigenvalue weighted by Gasteiger charge is -2.26. The molecule has 0 saturated carbocycles. The van der Waals surface area contributed by atoms with E-state index in [9.17, 15) is 4.79 Å². The van der Waals surface area contributed by atoms with Gasteiger partial charge in [-0.15, -0.1) is 0 Å². The summed E-state index contributed by atoms with van der Waals surface area (Å²) in [5, 5.41) is 3.21. The minimum Gasteiger partial charge on any atom is -0.497 e. The molecule has 2 aromatic carbocycles. The number of aromatic nitrogens is 1. The Morgan fingerprint density at radius 3 is 2.06 bits per heavy atom. The van der Waals surface area contributed by atoms with E-state index in [0.29, 0.717) is 12.8 Å². The fraction of sp³-hybridized carbons (Fsp3) is 0.333. The number of carbonyl (C=O) groups is 1. The Morgan fingerprint density at radius 1 is 0.943 bits per heavy atom. The van der Waals surface area contributed by atoms with Gasteiger partial charge >= 0.3 is 0 Å². The van der Waals surface area contributed by atoms with Crippen molar-refractivity contribution in [1.82, 2.24) is 10.3 Å². The van der Waals surface area contributed by atoms with E-state index < -0.39 is 0 Å². The van der Waals surface area contributed by atoms with Crippen molar-refractivity contribution in [3.63, 3.8) is 0 Å². The number of allylic oxidation sites excluding steroid dienone is 1. The number of nitrogens with one attached hydrogen (secondary N) is 1. The summed E-state index contributed by atoms with van der Waals surface area (Å²) in [7, 11) is 3.32. The third-order valence-electron chi connectivity index (χ3n) is 5.99. The van der Waals surface area contributed by atoms with Crippen LogP contribution in [0.3, 0.4) is 0 Å². The van der Waals surface area contributed by atoms with Crippen molar-refractivity contribution >= 4 is 11.5 Å². The molecule has 0 atom stereocenters. The van der Waals surface area contributed by atoms with Gasteiger partial charge in [-0.05, 0) is 92.1 Å². The van der Waals surface area contributed by atoms with E-state index in [2.05, 4.69) is 36.3 Å². The van der Waals surface area contributed by atoms with Crippen molar-refractivity contribution in [2.24, 2.45) is 0 Å². The Labute approximate surface area is 209 Å². The lowest BCUT2D eigenvalue weighted by atomic mass is 9.95. The molecule has 184 valence electrons. The molecule has 1 aromatic heterocycles. The van der Waals surface area contributed by atoms with E-state index in [1.54, 1.807) is 20.4 Å². The number of benzene rings is 2. The number of amides is 1. The summed E-state index contributed by atoms with van der Waals surface area (Å²) in [4.78, 5) is 16.9. The van der Waals surface area contributed by atoms with Gasteiger partial charge in [0.25, 0.3) is 0 Å². The SMILES string of the molecule is COc1ccc(C(=CCCC(=O)NC(C)(C)CCCc2cccnc2)c2ccc(OC)cc2)cc1. The molecule has 0 aliphatic rings. The molecule has 5 nitrogen and oxygen atoms in total. The minimum absolute atomic E-state index is 0.0661. The highest BCUT2D eigenvalue weighted by Crippen LogP contribution is 2.27. The molecule has 0 saturated heterocycles. The van der Waals surface area contributed by atoms with Crippen LogP contribution in [-0.4, -0.2) is 30.6 Å². The Bertz CT molecular complexity index is 1040. The van der Waals surface area contributed by atoms with Crippen molar-refractivity contribution in [1.29, 1.82) is 0 Å². The molecule has 35 heavy (non-hydrogen) atoms. The molecule has 0 bridgehead atoms. The predicted molar refractivity (Wildman–Crippen MR) is 142 cm³/mol. The maximum Gasteiger partial charge on any atom is 0.220 e. The van der Waals surface area contributed by atoms with Crippen molar-refractivity contribution < 1.29 is 14.3 Å². The molecular weight excluding hydrogens is 436 g/mol. The van der Waals surface area contributed by atoms with Crippen molar-refractivity contribution in [2.75, 3.05) is 14.2 Å². The largest absolute Gasteiger partial charge is 0.497 e. The van der Waals surface area contributed by atoms with Crippen LogP contribution in [0.25, 0.3) is 5.57 Å². The van der Waals surface area contributed by atoms with Gasteiger partial charge in [0.15, 0.2) is 0 Å². The number of pyridine rings is 1. The molecule has 3 rings (SSSR count). The maximum atomic E-state index is 12.7.